The molecule has 0 bridgehead atoms. The van der Waals surface area contributed by atoms with E-state index >= 15 is 0 Å². The van der Waals surface area contributed by atoms with E-state index in [-0.39, 0.29) is 6.04 Å². The maximum absolute atomic E-state index is 12.1. The van der Waals surface area contributed by atoms with E-state index in [1.807, 2.05) is 39.0 Å². The monoisotopic (exact) mass is 326 g/mol. The molecule has 2 N–H and O–H groups in total. The number of benzene rings is 1. The molecule has 0 spiro atoms. The lowest BCUT2D eigenvalue weighted by Gasteiger charge is -2.20. The summed E-state index contributed by atoms with van der Waals surface area (Å²) in [6, 6.07) is 5.85. The van der Waals surface area contributed by atoms with Crippen molar-refractivity contribution >= 4 is 27.1 Å². The highest BCUT2D eigenvalue weighted by Crippen LogP contribution is 2.24. The average Bonchev–Trinajstić information content (AvgIpc) is 2.29. The molecule has 1 rings (SSSR count). The minimum absolute atomic E-state index is 0.205. The van der Waals surface area contributed by atoms with Gasteiger partial charge in [0.1, 0.15) is 5.75 Å². The predicted octanol–water partition coefficient (Wildman–Crippen LogP) is 2.97. The number of anilines is 2. The van der Waals surface area contributed by atoms with Gasteiger partial charge in [-0.15, -0.1) is 0 Å². The van der Waals surface area contributed by atoms with E-state index in [9.17, 15) is 13.2 Å². The van der Waals surface area contributed by atoms with E-state index in [4.69, 9.17) is 0 Å². The molecule has 0 aliphatic carbocycles. The molecule has 0 heterocycles. The molecule has 0 saturated carbocycles. The molecule has 5 nitrogen and oxygen atoms in total. The molecule has 0 aliphatic rings. The fourth-order valence-electron chi connectivity index (χ4n) is 1.77. The van der Waals surface area contributed by atoms with Crippen LogP contribution in [0.4, 0.5) is 11.4 Å². The Balaban J connectivity index is 2.95. The summed E-state index contributed by atoms with van der Waals surface area (Å²) in [6.45, 7) is 10.7. The number of aryl methyl sites for hydroxylation is 1. The van der Waals surface area contributed by atoms with Gasteiger partial charge in [0.25, 0.3) is 0 Å². The molecule has 1 aromatic rings. The zero-order valence-electron chi connectivity index (χ0n) is 14.1. The summed E-state index contributed by atoms with van der Waals surface area (Å²) in [5.74, 6) is -1.04. The van der Waals surface area contributed by atoms with Crippen LogP contribution in [0.1, 0.15) is 40.2 Å². The minimum Gasteiger partial charge on any atom is -0.381 e. The van der Waals surface area contributed by atoms with Gasteiger partial charge >= 0.3 is 0 Å². The smallest absolute Gasteiger partial charge is 0.239 e. The second-order valence-electron chi connectivity index (χ2n) is 6.77. The lowest BCUT2D eigenvalue weighted by atomic mass is 10.1. The molecular weight excluding hydrogens is 300 g/mol. The summed E-state index contributed by atoms with van der Waals surface area (Å²) < 4.78 is 23.3. The van der Waals surface area contributed by atoms with Crippen LogP contribution in [0.15, 0.2) is 18.2 Å². The van der Waals surface area contributed by atoms with Gasteiger partial charge < -0.3 is 10.6 Å². The first kappa shape index (κ1) is 18.5. The molecular formula is C16H26N2O3S. The summed E-state index contributed by atoms with van der Waals surface area (Å²) in [5.41, 5.74) is 2.37. The van der Waals surface area contributed by atoms with Crippen molar-refractivity contribution in [1.82, 2.24) is 0 Å². The maximum Gasteiger partial charge on any atom is 0.239 e. The van der Waals surface area contributed by atoms with Crippen molar-refractivity contribution < 1.29 is 13.2 Å². The van der Waals surface area contributed by atoms with Crippen molar-refractivity contribution in [3.05, 3.63) is 23.8 Å². The standard InChI is InChI=1S/C16H26N2O3S/c1-11(2)17-13-8-7-12(3)9-14(13)18-15(19)10-22(20,21)16(4,5)6/h7-9,11,17H,10H2,1-6H3,(H,18,19). The number of carbonyl (C=O) groups excluding carboxylic acids is 1. The van der Waals surface area contributed by atoms with Crippen LogP contribution in [0, 0.1) is 6.92 Å². The average molecular weight is 326 g/mol. The van der Waals surface area contributed by atoms with Gasteiger partial charge in [0.05, 0.1) is 16.1 Å². The highest BCUT2D eigenvalue weighted by atomic mass is 32.2. The van der Waals surface area contributed by atoms with Crippen molar-refractivity contribution in [2.24, 2.45) is 0 Å². The third kappa shape index (κ3) is 5.02. The summed E-state index contributed by atoms with van der Waals surface area (Å²) in [4.78, 5) is 12.1. The molecule has 0 saturated heterocycles. The minimum atomic E-state index is -3.50. The van der Waals surface area contributed by atoms with Gasteiger partial charge in [0, 0.05) is 6.04 Å². The Morgan fingerprint density at radius 1 is 1.18 bits per heavy atom. The normalized spacial score (nSPS) is 12.3. The summed E-state index contributed by atoms with van der Waals surface area (Å²) >= 11 is 0. The van der Waals surface area contributed by atoms with Crippen LogP contribution in [0.2, 0.25) is 0 Å². The fourth-order valence-corrected chi connectivity index (χ4v) is 2.62. The van der Waals surface area contributed by atoms with Gasteiger partial charge in [-0.25, -0.2) is 8.42 Å². The molecule has 6 heteroatoms. The molecule has 0 aromatic heterocycles. The molecule has 22 heavy (non-hydrogen) atoms. The lowest BCUT2D eigenvalue weighted by molar-refractivity contribution is -0.113. The first-order valence-corrected chi connectivity index (χ1v) is 8.97. The van der Waals surface area contributed by atoms with E-state index in [0.717, 1.165) is 11.3 Å². The van der Waals surface area contributed by atoms with Crippen molar-refractivity contribution in [2.75, 3.05) is 16.4 Å². The summed E-state index contributed by atoms with van der Waals surface area (Å²) in [5, 5.41) is 5.94. The quantitative estimate of drug-likeness (QED) is 0.872. The van der Waals surface area contributed by atoms with E-state index in [2.05, 4.69) is 10.6 Å². The van der Waals surface area contributed by atoms with Crippen LogP contribution in [0.5, 0.6) is 0 Å². The Morgan fingerprint density at radius 3 is 2.27 bits per heavy atom. The Labute approximate surface area is 133 Å². The van der Waals surface area contributed by atoms with Crippen LogP contribution in [-0.2, 0) is 14.6 Å². The Morgan fingerprint density at radius 2 is 1.77 bits per heavy atom. The molecule has 0 radical (unpaired) electrons. The third-order valence-electron chi connectivity index (χ3n) is 3.15. The number of carbonyl (C=O) groups is 1. The van der Waals surface area contributed by atoms with Crippen molar-refractivity contribution in [1.29, 1.82) is 0 Å². The second kappa shape index (κ2) is 6.69. The first-order chi connectivity index (χ1) is 9.92. The molecule has 0 aliphatic heterocycles. The van der Waals surface area contributed by atoms with Crippen LogP contribution in [0.3, 0.4) is 0 Å². The van der Waals surface area contributed by atoms with Crippen molar-refractivity contribution in [3.8, 4) is 0 Å². The lowest BCUT2D eigenvalue weighted by Crippen LogP contribution is -2.35. The molecule has 0 unspecified atom stereocenters. The van der Waals surface area contributed by atoms with Crippen LogP contribution < -0.4 is 10.6 Å². The van der Waals surface area contributed by atoms with E-state index in [0.29, 0.717) is 5.69 Å². The first-order valence-electron chi connectivity index (χ1n) is 7.32. The van der Waals surface area contributed by atoms with Crippen LogP contribution in [0.25, 0.3) is 0 Å². The van der Waals surface area contributed by atoms with E-state index < -0.39 is 26.2 Å². The molecule has 1 aromatic carbocycles. The number of hydrogen-bond donors (Lipinski definition) is 2. The molecule has 1 amide bonds. The van der Waals surface area contributed by atoms with Gasteiger partial charge in [-0.3, -0.25) is 4.79 Å². The van der Waals surface area contributed by atoms with Gasteiger partial charge in [-0.1, -0.05) is 6.07 Å². The zero-order chi connectivity index (χ0) is 17.1. The topological polar surface area (TPSA) is 75.3 Å². The molecule has 0 fully saturated rings. The summed E-state index contributed by atoms with van der Waals surface area (Å²) in [6.07, 6.45) is 0. The Bertz CT molecular complexity index is 644. The largest absolute Gasteiger partial charge is 0.381 e. The second-order valence-corrected chi connectivity index (χ2v) is 9.51. The van der Waals surface area contributed by atoms with Gasteiger partial charge in [0.2, 0.25) is 5.91 Å². The zero-order valence-corrected chi connectivity index (χ0v) is 15.0. The maximum atomic E-state index is 12.1. The van der Waals surface area contributed by atoms with Gasteiger partial charge in [0.15, 0.2) is 9.84 Å². The van der Waals surface area contributed by atoms with Crippen LogP contribution >= 0.6 is 0 Å². The van der Waals surface area contributed by atoms with Crippen molar-refractivity contribution in [3.63, 3.8) is 0 Å². The Kier molecular flexibility index (Phi) is 5.62. The number of sulfone groups is 1. The predicted molar refractivity (Wildman–Crippen MR) is 92.1 cm³/mol. The molecule has 124 valence electrons. The van der Waals surface area contributed by atoms with E-state index in [1.54, 1.807) is 20.8 Å². The highest BCUT2D eigenvalue weighted by Gasteiger charge is 2.31. The van der Waals surface area contributed by atoms with Crippen LogP contribution in [-0.4, -0.2) is 30.9 Å². The number of rotatable bonds is 5. The molecule has 0 atom stereocenters. The number of nitrogens with one attached hydrogen (secondary N) is 2. The fraction of sp³-hybridized carbons (Fsp3) is 0.562. The summed E-state index contributed by atoms with van der Waals surface area (Å²) in [7, 11) is -3.50. The SMILES string of the molecule is Cc1ccc(NC(C)C)c(NC(=O)CS(=O)(=O)C(C)(C)C)c1. The van der Waals surface area contributed by atoms with Crippen molar-refractivity contribution in [2.45, 2.75) is 52.3 Å². The number of hydrogen-bond acceptors (Lipinski definition) is 4. The van der Waals surface area contributed by atoms with Gasteiger partial charge in [-0.05, 0) is 59.2 Å². The highest BCUT2D eigenvalue weighted by molar-refractivity contribution is 7.93. The Hall–Kier alpha value is -1.56. The van der Waals surface area contributed by atoms with E-state index in [1.165, 1.54) is 0 Å². The van der Waals surface area contributed by atoms with Gasteiger partial charge in [-0.2, -0.15) is 0 Å². The number of amides is 1. The third-order valence-corrected chi connectivity index (χ3v) is 5.66.